The van der Waals surface area contributed by atoms with Crippen LogP contribution in [0, 0.1) is 0 Å². The minimum absolute atomic E-state index is 0.00980. The molecule has 0 amide bonds. The minimum atomic E-state index is -0.00980. The van der Waals surface area contributed by atoms with Gasteiger partial charge in [0.1, 0.15) is 4.66 Å². The molecule has 0 fully saturated rings. The normalized spacial score (nSPS) is 11.4. The van der Waals surface area contributed by atoms with Crippen molar-refractivity contribution in [3.05, 3.63) is 158 Å². The molecule has 1 aromatic heterocycles. The van der Waals surface area contributed by atoms with Crippen molar-refractivity contribution in [3.63, 3.8) is 0 Å². The second-order valence-electron chi connectivity index (χ2n) is 7.41. The molecular weight excluding hydrogens is 410 g/mol. The van der Waals surface area contributed by atoms with Crippen molar-refractivity contribution in [2.45, 2.75) is 0 Å². The molecule has 0 aliphatic rings. The third kappa shape index (κ3) is 3.98. The van der Waals surface area contributed by atoms with Crippen molar-refractivity contribution >= 4 is 23.0 Å². The van der Waals surface area contributed by atoms with Gasteiger partial charge in [0, 0.05) is 5.57 Å². The number of thiazole rings is 1. The number of hydrogen-bond donors (Lipinski definition) is 0. The van der Waals surface area contributed by atoms with Crippen LogP contribution in [0.25, 0.3) is 17.3 Å². The molecule has 0 aliphatic carbocycles. The number of para-hydroxylation sites is 1. The highest BCUT2D eigenvalue weighted by Gasteiger charge is 2.14. The highest BCUT2D eigenvalue weighted by Crippen LogP contribution is 2.21. The van der Waals surface area contributed by atoms with E-state index in [1.165, 1.54) is 11.3 Å². The lowest BCUT2D eigenvalue weighted by molar-refractivity contribution is 0.985. The Balaban J connectivity index is 1.94. The summed E-state index contributed by atoms with van der Waals surface area (Å²) in [6.07, 6.45) is 1.98. The summed E-state index contributed by atoms with van der Waals surface area (Å²) in [6, 6.07) is 40.4. The zero-order chi connectivity index (χ0) is 21.8. The quantitative estimate of drug-likeness (QED) is 0.394. The van der Waals surface area contributed by atoms with Crippen molar-refractivity contribution in [1.82, 2.24) is 4.57 Å². The molecule has 0 saturated heterocycles. The molecule has 0 aliphatic heterocycles. The maximum Gasteiger partial charge on any atom is 0.273 e. The van der Waals surface area contributed by atoms with Crippen molar-refractivity contribution in [2.24, 2.45) is 0 Å². The van der Waals surface area contributed by atoms with Crippen LogP contribution in [0.1, 0.15) is 16.7 Å². The molecule has 0 saturated carbocycles. The summed E-state index contributed by atoms with van der Waals surface area (Å²) in [5, 5.41) is 0. The van der Waals surface area contributed by atoms with E-state index in [2.05, 4.69) is 24.3 Å². The highest BCUT2D eigenvalue weighted by molar-refractivity contribution is 7.07. The Morgan fingerprint density at radius 3 is 1.62 bits per heavy atom. The molecule has 2 nitrogen and oxygen atoms in total. The van der Waals surface area contributed by atoms with Gasteiger partial charge in [0.2, 0.25) is 0 Å². The summed E-state index contributed by atoms with van der Waals surface area (Å²) in [4.78, 5) is 13.7. The topological polar surface area (TPSA) is 22.0 Å². The van der Waals surface area contributed by atoms with E-state index < -0.39 is 0 Å². The van der Waals surface area contributed by atoms with Gasteiger partial charge in [-0.1, -0.05) is 109 Å². The van der Waals surface area contributed by atoms with E-state index in [4.69, 9.17) is 0 Å². The summed E-state index contributed by atoms with van der Waals surface area (Å²) < 4.78 is 3.47. The van der Waals surface area contributed by atoms with Crippen molar-refractivity contribution in [3.8, 4) is 5.69 Å². The van der Waals surface area contributed by atoms with Gasteiger partial charge in [0.25, 0.3) is 5.56 Å². The number of benzene rings is 4. The lowest BCUT2D eigenvalue weighted by Crippen LogP contribution is -2.31. The smallest absolute Gasteiger partial charge is 0.267 e. The van der Waals surface area contributed by atoms with E-state index in [9.17, 15) is 4.79 Å². The molecule has 0 N–H and O–H groups in total. The zero-order valence-electron chi connectivity index (χ0n) is 17.4. The molecule has 3 heteroatoms. The molecule has 1 heterocycles. The first-order valence-corrected chi connectivity index (χ1v) is 11.3. The van der Waals surface area contributed by atoms with E-state index in [0.29, 0.717) is 4.53 Å². The summed E-state index contributed by atoms with van der Waals surface area (Å²) in [5.74, 6) is 0. The van der Waals surface area contributed by atoms with Gasteiger partial charge in [0.15, 0.2) is 0 Å². The summed E-state index contributed by atoms with van der Waals surface area (Å²) in [6.45, 7) is 0. The zero-order valence-corrected chi connectivity index (χ0v) is 18.2. The van der Waals surface area contributed by atoms with E-state index in [0.717, 1.165) is 32.6 Å². The number of hydrogen-bond acceptors (Lipinski definition) is 2. The predicted molar refractivity (Wildman–Crippen MR) is 134 cm³/mol. The monoisotopic (exact) mass is 431 g/mol. The van der Waals surface area contributed by atoms with Crippen molar-refractivity contribution < 1.29 is 0 Å². The molecule has 5 aromatic rings. The van der Waals surface area contributed by atoms with Crippen LogP contribution in [0.2, 0.25) is 0 Å². The average Bonchev–Trinajstić information content (AvgIpc) is 3.17. The van der Waals surface area contributed by atoms with Gasteiger partial charge < -0.3 is 0 Å². The summed E-state index contributed by atoms with van der Waals surface area (Å²) in [5.41, 5.74) is 5.07. The third-order valence-electron chi connectivity index (χ3n) is 5.27. The standard InChI is InChI=1S/C29H21NOS/c31-28-26(21-22-13-5-1-6-14-22)32-29(30(28)25-19-11-4-12-20-25)27(23-15-7-2-8-16-23)24-17-9-3-10-18-24/h1-21H/b26-21-. The Morgan fingerprint density at radius 2 is 1.09 bits per heavy atom. The first-order valence-electron chi connectivity index (χ1n) is 10.5. The largest absolute Gasteiger partial charge is 0.273 e. The van der Waals surface area contributed by atoms with E-state index in [1.807, 2.05) is 108 Å². The second-order valence-corrected chi connectivity index (χ2v) is 8.44. The predicted octanol–water partition coefficient (Wildman–Crippen LogP) is 4.98. The molecule has 32 heavy (non-hydrogen) atoms. The van der Waals surface area contributed by atoms with Crippen LogP contribution in [-0.4, -0.2) is 4.57 Å². The molecular formula is C29H21NOS. The fraction of sp³-hybridized carbons (Fsp3) is 0. The van der Waals surface area contributed by atoms with E-state index >= 15 is 0 Å². The number of aromatic nitrogens is 1. The van der Waals surface area contributed by atoms with Crippen LogP contribution in [0.5, 0.6) is 0 Å². The summed E-state index contributed by atoms with van der Waals surface area (Å²) in [7, 11) is 0. The van der Waals surface area contributed by atoms with Gasteiger partial charge in [-0.3, -0.25) is 9.36 Å². The first kappa shape index (κ1) is 20.0. The Kier molecular flexibility index (Phi) is 5.65. The minimum Gasteiger partial charge on any atom is -0.267 e. The Hall–Kier alpha value is -3.95. The molecule has 4 aromatic carbocycles. The van der Waals surface area contributed by atoms with Gasteiger partial charge in [0.05, 0.1) is 10.2 Å². The van der Waals surface area contributed by atoms with Gasteiger partial charge >= 0.3 is 0 Å². The van der Waals surface area contributed by atoms with Crippen LogP contribution in [-0.2, 0) is 0 Å². The number of nitrogens with zero attached hydrogens (tertiary/aromatic N) is 1. The van der Waals surface area contributed by atoms with Crippen LogP contribution in [0.3, 0.4) is 0 Å². The molecule has 0 atom stereocenters. The number of rotatable bonds is 4. The van der Waals surface area contributed by atoms with Crippen LogP contribution in [0.15, 0.2) is 126 Å². The Labute approximate surface area is 190 Å². The van der Waals surface area contributed by atoms with E-state index in [1.54, 1.807) is 0 Å². The van der Waals surface area contributed by atoms with Gasteiger partial charge in [-0.2, -0.15) is 0 Å². The maximum absolute atomic E-state index is 13.7. The van der Waals surface area contributed by atoms with Gasteiger partial charge in [-0.25, -0.2) is 0 Å². The second kappa shape index (κ2) is 9.04. The maximum atomic E-state index is 13.7. The lowest BCUT2D eigenvalue weighted by Gasteiger charge is -2.10. The van der Waals surface area contributed by atoms with Crippen molar-refractivity contribution in [1.29, 1.82) is 0 Å². The molecule has 0 radical (unpaired) electrons. The third-order valence-corrected chi connectivity index (χ3v) is 6.37. The molecule has 0 spiro atoms. The Bertz CT molecular complexity index is 1460. The SMILES string of the molecule is O=c1/c(=C/c2ccccc2)sc(=C(c2ccccc2)c2ccccc2)n1-c1ccccc1. The fourth-order valence-electron chi connectivity index (χ4n) is 3.79. The van der Waals surface area contributed by atoms with Crippen molar-refractivity contribution in [2.75, 3.05) is 0 Å². The average molecular weight is 432 g/mol. The lowest BCUT2D eigenvalue weighted by atomic mass is 9.99. The summed E-state index contributed by atoms with van der Waals surface area (Å²) >= 11 is 1.53. The molecule has 154 valence electrons. The van der Waals surface area contributed by atoms with Crippen LogP contribution >= 0.6 is 11.3 Å². The fourth-order valence-corrected chi connectivity index (χ4v) is 4.98. The van der Waals surface area contributed by atoms with E-state index in [-0.39, 0.29) is 5.56 Å². The Morgan fingerprint density at radius 1 is 0.625 bits per heavy atom. The highest BCUT2D eigenvalue weighted by atomic mass is 32.1. The van der Waals surface area contributed by atoms with Gasteiger partial charge in [-0.15, -0.1) is 11.3 Å². The molecule has 0 unspecified atom stereocenters. The van der Waals surface area contributed by atoms with Crippen LogP contribution < -0.4 is 14.8 Å². The van der Waals surface area contributed by atoms with Crippen LogP contribution in [0.4, 0.5) is 0 Å². The van der Waals surface area contributed by atoms with Gasteiger partial charge in [-0.05, 0) is 34.9 Å². The molecule has 5 rings (SSSR count). The molecule has 0 bridgehead atoms. The first-order chi connectivity index (χ1) is 15.8.